The van der Waals surface area contributed by atoms with E-state index in [1.807, 2.05) is 0 Å². The summed E-state index contributed by atoms with van der Waals surface area (Å²) in [5, 5.41) is 21.2. The van der Waals surface area contributed by atoms with E-state index in [1.165, 1.54) is 11.3 Å². The Labute approximate surface area is 69.1 Å². The number of hydrogen-bond donors (Lipinski definition) is 3. The van der Waals surface area contributed by atoms with Crippen molar-refractivity contribution in [3.05, 3.63) is 16.3 Å². The van der Waals surface area contributed by atoms with Crippen molar-refractivity contribution in [2.45, 2.75) is 12.5 Å². The average molecular weight is 173 g/mol. The van der Waals surface area contributed by atoms with E-state index in [1.54, 1.807) is 10.8 Å². The summed E-state index contributed by atoms with van der Waals surface area (Å²) in [5.74, 6) is 0.232. The summed E-state index contributed by atoms with van der Waals surface area (Å²) in [6.07, 6.45) is 0.490. The number of nitrogens with two attached hydrogens (primary N) is 1. The van der Waals surface area contributed by atoms with Gasteiger partial charge in [-0.05, 0) is 11.8 Å². The number of thiophene rings is 1. The van der Waals surface area contributed by atoms with Gasteiger partial charge in [-0.25, -0.2) is 0 Å². The zero-order valence-corrected chi connectivity index (χ0v) is 6.84. The standard InChI is InChI=1S/C7H11NO2S/c8-6(1-2-9)5-3-11-4-7(5)10/h3-4,6,9-10H,1-2,8H2/t6-/m1/s1. The maximum Gasteiger partial charge on any atom is 0.131 e. The molecule has 0 radical (unpaired) electrons. The lowest BCUT2D eigenvalue weighted by Crippen LogP contribution is -2.10. The molecule has 1 rings (SSSR count). The molecule has 0 spiro atoms. The molecule has 1 aromatic rings. The summed E-state index contributed by atoms with van der Waals surface area (Å²) in [5.41, 5.74) is 6.36. The van der Waals surface area contributed by atoms with Gasteiger partial charge in [0.25, 0.3) is 0 Å². The maximum absolute atomic E-state index is 9.20. The van der Waals surface area contributed by atoms with Crippen LogP contribution in [0, 0.1) is 0 Å². The van der Waals surface area contributed by atoms with Crippen LogP contribution in [0.2, 0.25) is 0 Å². The van der Waals surface area contributed by atoms with Crippen LogP contribution in [0.4, 0.5) is 0 Å². The van der Waals surface area contributed by atoms with Crippen molar-refractivity contribution in [1.82, 2.24) is 0 Å². The molecule has 1 heterocycles. The lowest BCUT2D eigenvalue weighted by Gasteiger charge is -2.07. The van der Waals surface area contributed by atoms with Gasteiger partial charge in [0, 0.05) is 23.6 Å². The number of aliphatic hydroxyl groups is 1. The SMILES string of the molecule is N[C@H](CCO)c1cscc1O. The Balaban J connectivity index is 2.67. The topological polar surface area (TPSA) is 66.5 Å². The highest BCUT2D eigenvalue weighted by molar-refractivity contribution is 7.08. The summed E-state index contributed by atoms with van der Waals surface area (Å²) in [6.45, 7) is 0.0520. The smallest absolute Gasteiger partial charge is 0.131 e. The van der Waals surface area contributed by atoms with E-state index in [-0.39, 0.29) is 18.4 Å². The van der Waals surface area contributed by atoms with Crippen molar-refractivity contribution < 1.29 is 10.2 Å². The first-order valence-electron chi connectivity index (χ1n) is 3.37. The monoisotopic (exact) mass is 173 g/mol. The van der Waals surface area contributed by atoms with Gasteiger partial charge in [0.1, 0.15) is 5.75 Å². The minimum atomic E-state index is -0.244. The van der Waals surface area contributed by atoms with E-state index >= 15 is 0 Å². The van der Waals surface area contributed by atoms with Gasteiger partial charge in [-0.2, -0.15) is 0 Å². The van der Waals surface area contributed by atoms with Crippen LogP contribution in [0.5, 0.6) is 5.75 Å². The summed E-state index contributed by atoms with van der Waals surface area (Å²) in [7, 11) is 0. The second-order valence-electron chi connectivity index (χ2n) is 2.33. The summed E-state index contributed by atoms with van der Waals surface area (Å²) >= 11 is 1.41. The highest BCUT2D eigenvalue weighted by Gasteiger charge is 2.10. The number of aliphatic hydroxyl groups excluding tert-OH is 1. The predicted molar refractivity (Wildman–Crippen MR) is 44.6 cm³/mol. The third-order valence-corrected chi connectivity index (χ3v) is 2.26. The number of rotatable bonds is 3. The molecule has 0 amide bonds. The molecule has 0 fully saturated rings. The van der Waals surface area contributed by atoms with Crippen LogP contribution >= 0.6 is 11.3 Å². The van der Waals surface area contributed by atoms with Crippen LogP contribution < -0.4 is 5.73 Å². The van der Waals surface area contributed by atoms with Crippen molar-refractivity contribution in [2.75, 3.05) is 6.61 Å². The molecule has 4 N–H and O–H groups in total. The first-order chi connectivity index (χ1) is 5.25. The van der Waals surface area contributed by atoms with Gasteiger partial charge in [0.15, 0.2) is 0 Å². The summed E-state index contributed by atoms with van der Waals surface area (Å²) < 4.78 is 0. The molecule has 0 unspecified atom stereocenters. The van der Waals surface area contributed by atoms with Crippen molar-refractivity contribution in [3.63, 3.8) is 0 Å². The third-order valence-electron chi connectivity index (χ3n) is 1.51. The molecule has 1 aromatic heterocycles. The predicted octanol–water partition coefficient (Wildman–Crippen LogP) is 0.836. The van der Waals surface area contributed by atoms with Gasteiger partial charge < -0.3 is 15.9 Å². The van der Waals surface area contributed by atoms with Crippen molar-refractivity contribution in [2.24, 2.45) is 5.73 Å². The van der Waals surface area contributed by atoms with Gasteiger partial charge in [-0.1, -0.05) is 0 Å². The Kier molecular flexibility index (Phi) is 2.87. The van der Waals surface area contributed by atoms with E-state index in [0.717, 1.165) is 5.56 Å². The molecule has 0 aliphatic rings. The Bertz CT molecular complexity index is 224. The van der Waals surface area contributed by atoms with Crippen LogP contribution in [0.3, 0.4) is 0 Å². The lowest BCUT2D eigenvalue weighted by molar-refractivity contribution is 0.275. The zero-order chi connectivity index (χ0) is 8.27. The van der Waals surface area contributed by atoms with Gasteiger partial charge in [0.05, 0.1) is 0 Å². The minimum Gasteiger partial charge on any atom is -0.507 e. The van der Waals surface area contributed by atoms with Crippen LogP contribution in [-0.4, -0.2) is 16.8 Å². The molecule has 0 saturated heterocycles. The molecular formula is C7H11NO2S. The third kappa shape index (κ3) is 1.92. The van der Waals surface area contributed by atoms with E-state index in [9.17, 15) is 5.11 Å². The first-order valence-corrected chi connectivity index (χ1v) is 4.31. The van der Waals surface area contributed by atoms with Crippen LogP contribution in [0.15, 0.2) is 10.8 Å². The number of aromatic hydroxyl groups is 1. The summed E-state index contributed by atoms with van der Waals surface area (Å²) in [6, 6.07) is -0.244. The van der Waals surface area contributed by atoms with Crippen molar-refractivity contribution >= 4 is 11.3 Å². The Hall–Kier alpha value is -0.580. The second-order valence-corrected chi connectivity index (χ2v) is 3.07. The zero-order valence-electron chi connectivity index (χ0n) is 6.03. The number of hydrogen-bond acceptors (Lipinski definition) is 4. The Morgan fingerprint density at radius 1 is 1.55 bits per heavy atom. The van der Waals surface area contributed by atoms with Crippen LogP contribution in [0.25, 0.3) is 0 Å². The quantitative estimate of drug-likeness (QED) is 0.634. The molecule has 62 valence electrons. The highest BCUT2D eigenvalue weighted by Crippen LogP contribution is 2.27. The van der Waals surface area contributed by atoms with Gasteiger partial charge >= 0.3 is 0 Å². The Morgan fingerprint density at radius 3 is 2.73 bits per heavy atom. The molecule has 0 aromatic carbocycles. The fourth-order valence-corrected chi connectivity index (χ4v) is 1.65. The Morgan fingerprint density at radius 2 is 2.27 bits per heavy atom. The molecular weight excluding hydrogens is 162 g/mol. The largest absolute Gasteiger partial charge is 0.507 e. The minimum absolute atomic E-state index is 0.0520. The van der Waals surface area contributed by atoms with Crippen molar-refractivity contribution in [1.29, 1.82) is 0 Å². The molecule has 0 aliphatic heterocycles. The molecule has 4 heteroatoms. The maximum atomic E-state index is 9.20. The normalized spacial score (nSPS) is 13.3. The van der Waals surface area contributed by atoms with E-state index in [4.69, 9.17) is 10.8 Å². The molecule has 0 aliphatic carbocycles. The van der Waals surface area contributed by atoms with Crippen LogP contribution in [-0.2, 0) is 0 Å². The molecule has 3 nitrogen and oxygen atoms in total. The van der Waals surface area contributed by atoms with Gasteiger partial charge in [-0.15, -0.1) is 11.3 Å². The first kappa shape index (κ1) is 8.52. The van der Waals surface area contributed by atoms with Crippen molar-refractivity contribution in [3.8, 4) is 5.75 Å². The fraction of sp³-hybridized carbons (Fsp3) is 0.429. The van der Waals surface area contributed by atoms with Gasteiger partial charge in [0.2, 0.25) is 0 Å². The van der Waals surface area contributed by atoms with E-state index in [2.05, 4.69) is 0 Å². The van der Waals surface area contributed by atoms with E-state index < -0.39 is 0 Å². The van der Waals surface area contributed by atoms with E-state index in [0.29, 0.717) is 6.42 Å². The fourth-order valence-electron chi connectivity index (χ4n) is 0.872. The van der Waals surface area contributed by atoms with Crippen LogP contribution in [0.1, 0.15) is 18.0 Å². The molecule has 11 heavy (non-hydrogen) atoms. The summed E-state index contributed by atoms with van der Waals surface area (Å²) in [4.78, 5) is 0. The average Bonchev–Trinajstić information content (AvgIpc) is 2.36. The highest BCUT2D eigenvalue weighted by atomic mass is 32.1. The molecule has 1 atom stereocenters. The lowest BCUT2D eigenvalue weighted by atomic mass is 10.1. The molecule has 0 bridgehead atoms. The molecule has 0 saturated carbocycles. The second kappa shape index (κ2) is 3.71. The van der Waals surface area contributed by atoms with Gasteiger partial charge in [-0.3, -0.25) is 0 Å².